The lowest BCUT2D eigenvalue weighted by Crippen LogP contribution is -1.75. The van der Waals surface area contributed by atoms with Gasteiger partial charge in [0.2, 0.25) is 0 Å². The topological polar surface area (TPSA) is 23.8 Å². The smallest absolute Gasteiger partial charge is 0.0927 e. The van der Waals surface area contributed by atoms with Gasteiger partial charge in [0.25, 0.3) is 0 Å². The molecule has 0 saturated carbocycles. The third-order valence-electron chi connectivity index (χ3n) is 1.29. The van der Waals surface area contributed by atoms with Crippen LogP contribution in [0.2, 0.25) is 0 Å². The number of nitrogens with zero attached hydrogens (tertiary/aromatic N) is 1. The lowest BCUT2D eigenvalue weighted by molar-refractivity contribution is 1.53. The number of rotatable bonds is 1. The number of halogens is 2. The molecule has 0 fully saturated rings. The lowest BCUT2D eigenvalue weighted by Gasteiger charge is -1.96. The van der Waals surface area contributed by atoms with Crippen LogP contribution in [0.25, 0.3) is 5.03 Å². The Balaban J connectivity index is 3.05. The molecule has 0 aliphatic heterocycles. The van der Waals surface area contributed by atoms with Crippen molar-refractivity contribution in [3.05, 3.63) is 40.4 Å². The third kappa shape index (κ3) is 2.37. The Labute approximate surface area is 84.4 Å². The molecule has 0 heterocycles. The summed E-state index contributed by atoms with van der Waals surface area (Å²) in [6.45, 7) is 0. The van der Waals surface area contributed by atoms with Crippen LogP contribution in [0, 0.1) is 11.3 Å². The van der Waals surface area contributed by atoms with E-state index in [4.69, 9.17) is 16.9 Å². The van der Waals surface area contributed by atoms with Crippen molar-refractivity contribution in [3.8, 4) is 6.07 Å². The average molecular weight is 243 g/mol. The van der Waals surface area contributed by atoms with Crippen molar-refractivity contribution >= 4 is 32.6 Å². The molecule has 0 atom stereocenters. The molecule has 1 nitrogen and oxygen atoms in total. The summed E-state index contributed by atoms with van der Waals surface area (Å²) in [5.74, 6) is 0. The summed E-state index contributed by atoms with van der Waals surface area (Å²) >= 11 is 9.11. The maximum atomic E-state index is 8.34. The Morgan fingerprint density at radius 2 is 2.33 bits per heavy atom. The fourth-order valence-electron chi connectivity index (χ4n) is 0.777. The van der Waals surface area contributed by atoms with Crippen molar-refractivity contribution < 1.29 is 0 Å². The van der Waals surface area contributed by atoms with Crippen molar-refractivity contribution in [1.29, 1.82) is 5.26 Å². The van der Waals surface area contributed by atoms with Crippen LogP contribution in [-0.2, 0) is 0 Å². The van der Waals surface area contributed by atoms with Gasteiger partial charge in [-0.05, 0) is 17.7 Å². The van der Waals surface area contributed by atoms with Gasteiger partial charge >= 0.3 is 0 Å². The van der Waals surface area contributed by atoms with Gasteiger partial charge in [0, 0.05) is 10.5 Å². The summed E-state index contributed by atoms with van der Waals surface area (Å²) in [6, 6.07) is 9.35. The maximum absolute atomic E-state index is 8.34. The molecule has 0 aromatic heterocycles. The molecule has 12 heavy (non-hydrogen) atoms. The zero-order valence-electron chi connectivity index (χ0n) is 6.09. The molecule has 0 aliphatic rings. The second-order valence-corrected chi connectivity index (χ2v) is 3.45. The van der Waals surface area contributed by atoms with E-state index in [9.17, 15) is 0 Å². The molecule has 0 saturated heterocycles. The normalized spacial score (nSPS) is 10.9. The molecular weight excluding hydrogens is 237 g/mol. The molecule has 1 aromatic rings. The van der Waals surface area contributed by atoms with E-state index in [1.54, 1.807) is 0 Å². The van der Waals surface area contributed by atoms with Gasteiger partial charge in [-0.25, -0.2) is 0 Å². The molecule has 0 aliphatic carbocycles. The molecule has 1 aromatic carbocycles. The predicted molar refractivity (Wildman–Crippen MR) is 53.6 cm³/mol. The minimum atomic E-state index is 0.457. The largest absolute Gasteiger partial charge is 0.193 e. The second-order valence-electron chi connectivity index (χ2n) is 2.13. The zero-order valence-corrected chi connectivity index (χ0v) is 8.43. The van der Waals surface area contributed by atoms with Crippen molar-refractivity contribution in [3.63, 3.8) is 0 Å². The number of allylic oxidation sites excluding steroid dienone is 1. The molecule has 0 N–H and O–H groups in total. The summed E-state index contributed by atoms with van der Waals surface area (Å²) in [7, 11) is 0. The summed E-state index contributed by atoms with van der Waals surface area (Å²) in [5.41, 5.74) is 0.840. The van der Waals surface area contributed by atoms with Gasteiger partial charge in [-0.3, -0.25) is 0 Å². The number of nitriles is 1. The van der Waals surface area contributed by atoms with Gasteiger partial charge in [-0.1, -0.05) is 39.7 Å². The van der Waals surface area contributed by atoms with Crippen LogP contribution in [0.1, 0.15) is 5.56 Å². The monoisotopic (exact) mass is 241 g/mol. The molecule has 0 unspecified atom stereocenters. The quantitative estimate of drug-likeness (QED) is 0.691. The first-order valence-electron chi connectivity index (χ1n) is 3.25. The van der Waals surface area contributed by atoms with Crippen LogP contribution in [0.4, 0.5) is 0 Å². The highest BCUT2D eigenvalue weighted by molar-refractivity contribution is 9.10. The molecular formula is C9H5BrClN. The fourth-order valence-corrected chi connectivity index (χ4v) is 1.34. The average Bonchev–Trinajstić information content (AvgIpc) is 2.05. The zero-order chi connectivity index (χ0) is 8.97. The molecule has 60 valence electrons. The van der Waals surface area contributed by atoms with Crippen molar-refractivity contribution in [2.24, 2.45) is 0 Å². The van der Waals surface area contributed by atoms with E-state index in [0.717, 1.165) is 10.0 Å². The van der Waals surface area contributed by atoms with Crippen LogP contribution >= 0.6 is 27.5 Å². The second kappa shape index (κ2) is 4.30. The van der Waals surface area contributed by atoms with Crippen LogP contribution in [0.15, 0.2) is 34.8 Å². The Kier molecular flexibility index (Phi) is 3.33. The fraction of sp³-hybridized carbons (Fsp3) is 0. The van der Waals surface area contributed by atoms with Crippen LogP contribution in [-0.4, -0.2) is 0 Å². The van der Waals surface area contributed by atoms with Gasteiger partial charge in [0.1, 0.15) is 0 Å². The molecule has 0 bridgehead atoms. The van der Waals surface area contributed by atoms with E-state index in [-0.39, 0.29) is 0 Å². The van der Waals surface area contributed by atoms with Gasteiger partial charge in [-0.15, -0.1) is 0 Å². The van der Waals surface area contributed by atoms with Gasteiger partial charge in [-0.2, -0.15) is 5.26 Å². The highest BCUT2D eigenvalue weighted by Crippen LogP contribution is 2.21. The minimum absolute atomic E-state index is 0.457. The number of hydrogen-bond donors (Lipinski definition) is 0. The van der Waals surface area contributed by atoms with Crippen molar-refractivity contribution in [2.75, 3.05) is 0 Å². The molecule has 1 rings (SSSR count). The SMILES string of the molecule is N#CC=C(Cl)c1cccc(Br)c1. The molecule has 3 heteroatoms. The third-order valence-corrected chi connectivity index (χ3v) is 2.11. The van der Waals surface area contributed by atoms with E-state index >= 15 is 0 Å². The van der Waals surface area contributed by atoms with Crippen LogP contribution in [0.3, 0.4) is 0 Å². The van der Waals surface area contributed by atoms with Gasteiger partial charge in [0.15, 0.2) is 0 Å². The Bertz CT molecular complexity index is 352. The van der Waals surface area contributed by atoms with Gasteiger partial charge in [0.05, 0.1) is 11.1 Å². The van der Waals surface area contributed by atoms with Crippen LogP contribution < -0.4 is 0 Å². The first kappa shape index (κ1) is 9.31. The van der Waals surface area contributed by atoms with E-state index in [2.05, 4.69) is 15.9 Å². The van der Waals surface area contributed by atoms with Crippen LogP contribution in [0.5, 0.6) is 0 Å². The van der Waals surface area contributed by atoms with E-state index < -0.39 is 0 Å². The van der Waals surface area contributed by atoms with E-state index in [0.29, 0.717) is 5.03 Å². The summed E-state index contributed by atoms with van der Waals surface area (Å²) in [6.07, 6.45) is 1.31. The maximum Gasteiger partial charge on any atom is 0.0927 e. The van der Waals surface area contributed by atoms with Crippen molar-refractivity contribution in [2.45, 2.75) is 0 Å². The first-order chi connectivity index (χ1) is 5.74. The van der Waals surface area contributed by atoms with E-state index in [1.807, 2.05) is 30.3 Å². The Morgan fingerprint density at radius 3 is 2.92 bits per heavy atom. The lowest BCUT2D eigenvalue weighted by atomic mass is 10.2. The Morgan fingerprint density at radius 1 is 1.58 bits per heavy atom. The number of benzene rings is 1. The minimum Gasteiger partial charge on any atom is -0.193 e. The highest BCUT2D eigenvalue weighted by atomic mass is 79.9. The van der Waals surface area contributed by atoms with Crippen molar-refractivity contribution in [1.82, 2.24) is 0 Å². The predicted octanol–water partition coefficient (Wildman–Crippen LogP) is 3.55. The standard InChI is InChI=1S/C9H5BrClN/c10-8-3-1-2-7(6-8)9(11)4-5-12/h1-4,6H. The molecule has 0 amide bonds. The summed E-state index contributed by atoms with van der Waals surface area (Å²) in [4.78, 5) is 0. The Hall–Kier alpha value is -0.780. The number of hydrogen-bond acceptors (Lipinski definition) is 1. The summed E-state index contributed by atoms with van der Waals surface area (Å²) < 4.78 is 0.949. The van der Waals surface area contributed by atoms with Gasteiger partial charge < -0.3 is 0 Å². The molecule has 0 spiro atoms. The van der Waals surface area contributed by atoms with E-state index in [1.165, 1.54) is 6.08 Å². The first-order valence-corrected chi connectivity index (χ1v) is 4.42. The molecule has 0 radical (unpaired) electrons. The highest BCUT2D eigenvalue weighted by Gasteiger charge is 1.96. The summed E-state index contributed by atoms with van der Waals surface area (Å²) in [5, 5.41) is 8.80.